The van der Waals surface area contributed by atoms with Crippen molar-refractivity contribution in [2.45, 2.75) is 25.7 Å². The zero-order valence-electron chi connectivity index (χ0n) is 9.65. The lowest BCUT2D eigenvalue weighted by Gasteiger charge is -2.14. The predicted molar refractivity (Wildman–Crippen MR) is 68.4 cm³/mol. The van der Waals surface area contributed by atoms with E-state index in [0.29, 0.717) is 18.3 Å². The minimum Gasteiger partial charge on any atom is -0.493 e. The Morgan fingerprint density at radius 2 is 2.29 bits per heavy atom. The van der Waals surface area contributed by atoms with Gasteiger partial charge in [-0.15, -0.1) is 0 Å². The second-order valence-electron chi connectivity index (χ2n) is 4.50. The van der Waals surface area contributed by atoms with Crippen LogP contribution >= 0.6 is 15.9 Å². The number of carboxylic acid groups (broad SMARTS) is 1. The van der Waals surface area contributed by atoms with Crippen molar-refractivity contribution in [2.24, 2.45) is 5.92 Å². The standard InChI is InChI=1S/C13H15BrO3/c1-8(13(15)16)11-6-10(14)4-5-12(11)17-7-9-2-3-9/h4-6,8-9H,2-3,7H2,1H3,(H,15,16). The van der Waals surface area contributed by atoms with Gasteiger partial charge >= 0.3 is 5.97 Å². The molecule has 0 aliphatic heterocycles. The van der Waals surface area contributed by atoms with Crippen LogP contribution in [0, 0.1) is 5.92 Å². The highest BCUT2D eigenvalue weighted by molar-refractivity contribution is 9.10. The largest absolute Gasteiger partial charge is 0.493 e. The van der Waals surface area contributed by atoms with E-state index in [2.05, 4.69) is 15.9 Å². The fourth-order valence-electron chi connectivity index (χ4n) is 1.61. The van der Waals surface area contributed by atoms with Gasteiger partial charge in [-0.1, -0.05) is 15.9 Å². The van der Waals surface area contributed by atoms with E-state index >= 15 is 0 Å². The third-order valence-corrected chi connectivity index (χ3v) is 3.47. The van der Waals surface area contributed by atoms with E-state index in [-0.39, 0.29) is 0 Å². The molecule has 92 valence electrons. The summed E-state index contributed by atoms with van der Waals surface area (Å²) >= 11 is 3.36. The smallest absolute Gasteiger partial charge is 0.310 e. The van der Waals surface area contributed by atoms with E-state index in [4.69, 9.17) is 9.84 Å². The average molecular weight is 299 g/mol. The van der Waals surface area contributed by atoms with Gasteiger partial charge in [-0.3, -0.25) is 4.79 Å². The Morgan fingerprint density at radius 1 is 1.59 bits per heavy atom. The number of carboxylic acids is 1. The summed E-state index contributed by atoms with van der Waals surface area (Å²) in [5.74, 6) is -0.0392. The molecule has 0 amide bonds. The van der Waals surface area contributed by atoms with Crippen molar-refractivity contribution >= 4 is 21.9 Å². The molecular formula is C13H15BrO3. The molecule has 0 heterocycles. The summed E-state index contributed by atoms with van der Waals surface area (Å²) in [5, 5.41) is 9.07. The average Bonchev–Trinajstić information content (AvgIpc) is 3.10. The second kappa shape index (κ2) is 5.08. The van der Waals surface area contributed by atoms with E-state index in [1.54, 1.807) is 6.92 Å². The van der Waals surface area contributed by atoms with Crippen molar-refractivity contribution in [2.75, 3.05) is 6.61 Å². The number of carbonyl (C=O) groups is 1. The van der Waals surface area contributed by atoms with Gasteiger partial charge in [-0.05, 0) is 43.9 Å². The van der Waals surface area contributed by atoms with Gasteiger partial charge in [0, 0.05) is 10.0 Å². The first kappa shape index (κ1) is 12.4. The summed E-state index contributed by atoms with van der Waals surface area (Å²) in [4.78, 5) is 11.0. The molecule has 0 aromatic heterocycles. The summed E-state index contributed by atoms with van der Waals surface area (Å²) in [6.45, 7) is 2.37. The first-order valence-corrected chi connectivity index (χ1v) is 6.52. The number of aliphatic carboxylic acids is 1. The molecule has 1 unspecified atom stereocenters. The van der Waals surface area contributed by atoms with Crippen molar-refractivity contribution < 1.29 is 14.6 Å². The molecule has 1 aliphatic rings. The number of rotatable bonds is 5. The molecule has 1 aromatic carbocycles. The maximum absolute atomic E-state index is 11.0. The molecule has 1 atom stereocenters. The Labute approximate surface area is 109 Å². The Kier molecular flexibility index (Phi) is 3.72. The van der Waals surface area contributed by atoms with E-state index in [0.717, 1.165) is 10.0 Å². The summed E-state index contributed by atoms with van der Waals surface area (Å²) in [7, 11) is 0. The minimum absolute atomic E-state index is 0.554. The highest BCUT2D eigenvalue weighted by Crippen LogP contribution is 2.33. The zero-order chi connectivity index (χ0) is 12.4. The second-order valence-corrected chi connectivity index (χ2v) is 5.41. The number of hydrogen-bond acceptors (Lipinski definition) is 2. The van der Waals surface area contributed by atoms with Gasteiger partial charge in [-0.2, -0.15) is 0 Å². The van der Waals surface area contributed by atoms with Gasteiger partial charge in [0.1, 0.15) is 5.75 Å². The Morgan fingerprint density at radius 3 is 2.88 bits per heavy atom. The minimum atomic E-state index is -0.834. The molecule has 17 heavy (non-hydrogen) atoms. The van der Waals surface area contributed by atoms with Crippen molar-refractivity contribution in [3.05, 3.63) is 28.2 Å². The van der Waals surface area contributed by atoms with Crippen LogP contribution in [-0.2, 0) is 4.79 Å². The molecule has 4 heteroatoms. The van der Waals surface area contributed by atoms with Crippen LogP contribution in [0.2, 0.25) is 0 Å². The Bertz CT molecular complexity index is 427. The first-order chi connectivity index (χ1) is 8.08. The summed E-state index contributed by atoms with van der Waals surface area (Å²) in [6, 6.07) is 5.53. The first-order valence-electron chi connectivity index (χ1n) is 5.73. The molecule has 0 radical (unpaired) electrons. The van der Waals surface area contributed by atoms with Gasteiger partial charge in [0.05, 0.1) is 12.5 Å². The molecule has 3 nitrogen and oxygen atoms in total. The van der Waals surface area contributed by atoms with E-state index in [1.165, 1.54) is 12.8 Å². The molecule has 1 aromatic rings. The molecule has 1 aliphatic carbocycles. The van der Waals surface area contributed by atoms with Crippen LogP contribution in [0.3, 0.4) is 0 Å². The van der Waals surface area contributed by atoms with Crippen molar-refractivity contribution in [1.29, 1.82) is 0 Å². The van der Waals surface area contributed by atoms with E-state index in [9.17, 15) is 4.79 Å². The molecule has 2 rings (SSSR count). The van der Waals surface area contributed by atoms with Crippen LogP contribution in [0.1, 0.15) is 31.2 Å². The third kappa shape index (κ3) is 3.22. The van der Waals surface area contributed by atoms with Crippen LogP contribution in [0.15, 0.2) is 22.7 Å². The Hall–Kier alpha value is -1.03. The summed E-state index contributed by atoms with van der Waals surface area (Å²) in [6.07, 6.45) is 2.45. The summed E-state index contributed by atoms with van der Waals surface area (Å²) < 4.78 is 6.58. The fraction of sp³-hybridized carbons (Fsp3) is 0.462. The van der Waals surface area contributed by atoms with Crippen LogP contribution in [0.5, 0.6) is 5.75 Å². The third-order valence-electron chi connectivity index (χ3n) is 2.98. The number of benzene rings is 1. The highest BCUT2D eigenvalue weighted by atomic mass is 79.9. The van der Waals surface area contributed by atoms with Gasteiger partial charge in [0.25, 0.3) is 0 Å². The highest BCUT2D eigenvalue weighted by Gasteiger charge is 2.24. The predicted octanol–water partition coefficient (Wildman–Crippen LogP) is 3.43. The van der Waals surface area contributed by atoms with Crippen molar-refractivity contribution in [3.63, 3.8) is 0 Å². The molecule has 0 bridgehead atoms. The quantitative estimate of drug-likeness (QED) is 0.906. The molecule has 1 N–H and O–H groups in total. The number of halogens is 1. The topological polar surface area (TPSA) is 46.5 Å². The number of hydrogen-bond donors (Lipinski definition) is 1. The van der Waals surface area contributed by atoms with E-state index < -0.39 is 11.9 Å². The van der Waals surface area contributed by atoms with Gasteiger partial charge < -0.3 is 9.84 Å². The lowest BCUT2D eigenvalue weighted by molar-refractivity contribution is -0.138. The lowest BCUT2D eigenvalue weighted by Crippen LogP contribution is -2.10. The van der Waals surface area contributed by atoms with Gasteiger partial charge in [-0.25, -0.2) is 0 Å². The molecule has 0 saturated heterocycles. The normalized spacial score (nSPS) is 16.6. The molecule has 0 spiro atoms. The monoisotopic (exact) mass is 298 g/mol. The maximum Gasteiger partial charge on any atom is 0.310 e. The molecule has 1 saturated carbocycles. The van der Waals surface area contributed by atoms with Crippen molar-refractivity contribution in [1.82, 2.24) is 0 Å². The maximum atomic E-state index is 11.0. The summed E-state index contributed by atoms with van der Waals surface area (Å²) in [5.41, 5.74) is 0.729. The molecular weight excluding hydrogens is 284 g/mol. The van der Waals surface area contributed by atoms with Crippen LogP contribution < -0.4 is 4.74 Å². The zero-order valence-corrected chi connectivity index (χ0v) is 11.2. The van der Waals surface area contributed by atoms with Crippen LogP contribution in [0.25, 0.3) is 0 Å². The number of ether oxygens (including phenoxy) is 1. The van der Waals surface area contributed by atoms with E-state index in [1.807, 2.05) is 18.2 Å². The van der Waals surface area contributed by atoms with Crippen LogP contribution in [-0.4, -0.2) is 17.7 Å². The lowest BCUT2D eigenvalue weighted by atomic mass is 10.0. The SMILES string of the molecule is CC(C(=O)O)c1cc(Br)ccc1OCC1CC1. The van der Waals surface area contributed by atoms with Gasteiger partial charge in [0.2, 0.25) is 0 Å². The van der Waals surface area contributed by atoms with Crippen molar-refractivity contribution in [3.8, 4) is 5.75 Å². The molecule has 1 fully saturated rings. The fourth-order valence-corrected chi connectivity index (χ4v) is 1.99. The van der Waals surface area contributed by atoms with Crippen LogP contribution in [0.4, 0.5) is 0 Å². The Balaban J connectivity index is 2.19. The van der Waals surface area contributed by atoms with Gasteiger partial charge in [0.15, 0.2) is 0 Å².